The number of hydrogen-bond acceptors (Lipinski definition) is 4. The minimum atomic E-state index is -4.45. The number of benzene rings is 1. The molecule has 1 fully saturated rings. The van der Waals surface area contributed by atoms with E-state index >= 15 is 0 Å². The van der Waals surface area contributed by atoms with Gasteiger partial charge in [-0.25, -0.2) is 4.99 Å². The molecule has 1 saturated heterocycles. The second-order valence-corrected chi connectivity index (χ2v) is 7.68. The Morgan fingerprint density at radius 3 is 2.55 bits per heavy atom. The minimum absolute atomic E-state index is 0.0774. The summed E-state index contributed by atoms with van der Waals surface area (Å²) in [6, 6.07) is 4.46. The van der Waals surface area contributed by atoms with Crippen LogP contribution in [0.15, 0.2) is 23.2 Å². The van der Waals surface area contributed by atoms with Gasteiger partial charge in [0.05, 0.1) is 25.3 Å². The van der Waals surface area contributed by atoms with Gasteiger partial charge in [-0.2, -0.15) is 13.2 Å². The lowest BCUT2D eigenvalue weighted by Gasteiger charge is -2.29. The third-order valence-electron chi connectivity index (χ3n) is 5.32. The van der Waals surface area contributed by atoms with Crippen LogP contribution in [-0.4, -0.2) is 57.1 Å². The number of alkyl halides is 3. The zero-order chi connectivity index (χ0) is 22.7. The highest BCUT2D eigenvalue weighted by atomic mass is 19.4. The molecule has 176 valence electrons. The summed E-state index contributed by atoms with van der Waals surface area (Å²) in [5.74, 6) is 0.768. The Hall–Kier alpha value is -2.00. The number of ether oxygens (including phenoxy) is 1. The third-order valence-corrected chi connectivity index (χ3v) is 5.32. The highest BCUT2D eigenvalue weighted by Crippen LogP contribution is 2.35. The molecule has 0 bridgehead atoms. The number of anilines is 1. The zero-order valence-electron chi connectivity index (χ0n) is 18.5. The fourth-order valence-electron chi connectivity index (χ4n) is 3.67. The van der Waals surface area contributed by atoms with E-state index in [1.165, 1.54) is 12.1 Å². The molecule has 0 aliphatic carbocycles. The van der Waals surface area contributed by atoms with Gasteiger partial charge >= 0.3 is 6.18 Å². The van der Waals surface area contributed by atoms with E-state index < -0.39 is 11.7 Å². The molecule has 0 amide bonds. The number of nitrogens with zero attached hydrogens (tertiary/aromatic N) is 2. The average molecular weight is 445 g/mol. The van der Waals surface area contributed by atoms with Gasteiger partial charge in [-0.3, -0.25) is 0 Å². The van der Waals surface area contributed by atoms with Crippen molar-refractivity contribution in [1.29, 1.82) is 0 Å². The van der Waals surface area contributed by atoms with Gasteiger partial charge in [0.15, 0.2) is 5.96 Å². The van der Waals surface area contributed by atoms with Crippen molar-refractivity contribution >= 4 is 11.6 Å². The standard InChI is InChI=1S/C22H35F3N4O2/c1-3-5-17(8-11-30)15-27-21(26-4-2)28-16-18-6-7-19(14-20(18)22(23,24)25)29-9-12-31-13-10-29/h6-7,14,17,30H,3-5,8-13,15-16H2,1-2H3,(H2,26,27,28). The maximum atomic E-state index is 13.7. The van der Waals surface area contributed by atoms with Crippen LogP contribution in [0.4, 0.5) is 18.9 Å². The summed E-state index contributed by atoms with van der Waals surface area (Å²) in [6.45, 7) is 7.44. The number of morpholine rings is 1. The number of aliphatic hydroxyl groups excluding tert-OH is 1. The summed E-state index contributed by atoms with van der Waals surface area (Å²) in [6.07, 6.45) is -1.80. The first kappa shape index (κ1) is 25.3. The Labute approximate surface area is 182 Å². The molecule has 1 aliphatic heterocycles. The van der Waals surface area contributed by atoms with Crippen LogP contribution in [0.2, 0.25) is 0 Å². The number of rotatable bonds is 10. The van der Waals surface area contributed by atoms with E-state index in [1.54, 1.807) is 6.07 Å². The van der Waals surface area contributed by atoms with E-state index in [0.29, 0.717) is 57.5 Å². The van der Waals surface area contributed by atoms with Gasteiger partial charge in [0.25, 0.3) is 0 Å². The number of hydrogen-bond donors (Lipinski definition) is 3. The molecule has 1 aliphatic rings. The minimum Gasteiger partial charge on any atom is -0.396 e. The molecule has 3 N–H and O–H groups in total. The molecule has 31 heavy (non-hydrogen) atoms. The van der Waals surface area contributed by atoms with Gasteiger partial charge in [0.1, 0.15) is 0 Å². The van der Waals surface area contributed by atoms with Crippen molar-refractivity contribution in [3.8, 4) is 0 Å². The topological polar surface area (TPSA) is 69.1 Å². The quantitative estimate of drug-likeness (QED) is 0.381. The van der Waals surface area contributed by atoms with Gasteiger partial charge in [0.2, 0.25) is 0 Å². The second kappa shape index (κ2) is 12.8. The average Bonchev–Trinajstić information content (AvgIpc) is 2.75. The summed E-state index contributed by atoms with van der Waals surface area (Å²) in [4.78, 5) is 6.30. The molecule has 9 heteroatoms. The normalized spacial score (nSPS) is 16.3. The second-order valence-electron chi connectivity index (χ2n) is 7.68. The van der Waals surface area contributed by atoms with Crippen molar-refractivity contribution in [2.24, 2.45) is 10.9 Å². The fraction of sp³-hybridized carbons (Fsp3) is 0.682. The molecule has 6 nitrogen and oxygen atoms in total. The van der Waals surface area contributed by atoms with Gasteiger partial charge in [-0.1, -0.05) is 19.4 Å². The number of guanidine groups is 1. The van der Waals surface area contributed by atoms with E-state index in [-0.39, 0.29) is 24.6 Å². The summed E-state index contributed by atoms with van der Waals surface area (Å²) < 4.78 is 46.5. The van der Waals surface area contributed by atoms with E-state index in [2.05, 4.69) is 22.5 Å². The lowest BCUT2D eigenvalue weighted by Crippen LogP contribution is -2.40. The molecular weight excluding hydrogens is 409 g/mol. The van der Waals surface area contributed by atoms with Crippen molar-refractivity contribution in [3.05, 3.63) is 29.3 Å². The van der Waals surface area contributed by atoms with Crippen LogP contribution in [0.5, 0.6) is 0 Å². The van der Waals surface area contributed by atoms with Crippen LogP contribution in [-0.2, 0) is 17.5 Å². The largest absolute Gasteiger partial charge is 0.416 e. The van der Waals surface area contributed by atoms with Crippen LogP contribution >= 0.6 is 0 Å². The molecule has 0 radical (unpaired) electrons. The summed E-state index contributed by atoms with van der Waals surface area (Å²) >= 11 is 0. The first-order valence-corrected chi connectivity index (χ1v) is 11.0. The van der Waals surface area contributed by atoms with E-state index in [9.17, 15) is 18.3 Å². The van der Waals surface area contributed by atoms with Crippen molar-refractivity contribution < 1.29 is 23.0 Å². The Kier molecular flexibility index (Phi) is 10.4. The fourth-order valence-corrected chi connectivity index (χ4v) is 3.67. The van der Waals surface area contributed by atoms with Gasteiger partial charge in [-0.15, -0.1) is 0 Å². The summed E-state index contributed by atoms with van der Waals surface area (Å²) in [5, 5.41) is 15.5. The highest BCUT2D eigenvalue weighted by Gasteiger charge is 2.34. The van der Waals surface area contributed by atoms with Crippen LogP contribution in [0.3, 0.4) is 0 Å². The van der Waals surface area contributed by atoms with E-state index in [4.69, 9.17) is 4.74 Å². The number of aliphatic hydroxyl groups is 1. The molecule has 0 saturated carbocycles. The molecule has 1 aromatic carbocycles. The van der Waals surface area contributed by atoms with E-state index in [1.807, 2.05) is 11.8 Å². The molecule has 1 aromatic rings. The Bertz CT molecular complexity index is 686. The molecule has 2 rings (SSSR count). The predicted molar refractivity (Wildman–Crippen MR) is 117 cm³/mol. The van der Waals surface area contributed by atoms with Crippen LogP contribution in [0.25, 0.3) is 0 Å². The smallest absolute Gasteiger partial charge is 0.396 e. The lowest BCUT2D eigenvalue weighted by atomic mass is 10.0. The Balaban J connectivity index is 2.15. The molecule has 1 heterocycles. The first-order chi connectivity index (χ1) is 14.9. The lowest BCUT2D eigenvalue weighted by molar-refractivity contribution is -0.138. The SMILES string of the molecule is CCCC(CCO)CNC(=NCc1ccc(N2CCOCC2)cc1C(F)(F)F)NCC. The maximum absolute atomic E-state index is 13.7. The molecular formula is C22H35F3N4O2. The molecule has 1 unspecified atom stereocenters. The van der Waals surface area contributed by atoms with E-state index in [0.717, 1.165) is 12.8 Å². The Morgan fingerprint density at radius 2 is 1.94 bits per heavy atom. The first-order valence-electron chi connectivity index (χ1n) is 11.0. The predicted octanol–water partition coefficient (Wildman–Crippen LogP) is 3.40. The zero-order valence-corrected chi connectivity index (χ0v) is 18.5. The number of nitrogens with one attached hydrogen (secondary N) is 2. The molecule has 0 aromatic heterocycles. The summed E-state index contributed by atoms with van der Waals surface area (Å²) in [7, 11) is 0. The van der Waals surface area contributed by atoms with Crippen LogP contribution < -0.4 is 15.5 Å². The van der Waals surface area contributed by atoms with Crippen molar-refractivity contribution in [3.63, 3.8) is 0 Å². The maximum Gasteiger partial charge on any atom is 0.416 e. The highest BCUT2D eigenvalue weighted by molar-refractivity contribution is 5.79. The summed E-state index contributed by atoms with van der Waals surface area (Å²) in [5.41, 5.74) is 0.0437. The van der Waals surface area contributed by atoms with Crippen LogP contribution in [0, 0.1) is 5.92 Å². The van der Waals surface area contributed by atoms with Crippen molar-refractivity contribution in [2.75, 3.05) is 50.9 Å². The van der Waals surface area contributed by atoms with Crippen LogP contribution in [0.1, 0.15) is 44.2 Å². The molecule has 0 spiro atoms. The molecule has 1 atom stereocenters. The third kappa shape index (κ3) is 8.22. The van der Waals surface area contributed by atoms with Crippen molar-refractivity contribution in [2.45, 2.75) is 45.8 Å². The Morgan fingerprint density at radius 1 is 1.19 bits per heavy atom. The van der Waals surface area contributed by atoms with Gasteiger partial charge in [0, 0.05) is 38.5 Å². The van der Waals surface area contributed by atoms with Gasteiger partial charge in [-0.05, 0) is 43.4 Å². The number of aliphatic imine (C=N–C) groups is 1. The van der Waals surface area contributed by atoms with Crippen molar-refractivity contribution in [1.82, 2.24) is 10.6 Å². The van der Waals surface area contributed by atoms with Gasteiger partial charge < -0.3 is 25.4 Å². The monoisotopic (exact) mass is 444 g/mol. The number of halogens is 3.